The SMILES string of the molecule is OC1C[CH]CC1(F)F. The molecule has 0 aliphatic heterocycles. The summed E-state index contributed by atoms with van der Waals surface area (Å²) in [7, 11) is 0. The molecule has 0 saturated heterocycles. The van der Waals surface area contributed by atoms with Crippen LogP contribution in [-0.2, 0) is 0 Å². The first-order chi connectivity index (χ1) is 3.63. The molecular weight excluding hydrogens is 114 g/mol. The highest BCUT2D eigenvalue weighted by Gasteiger charge is 2.42. The van der Waals surface area contributed by atoms with Crippen molar-refractivity contribution >= 4 is 0 Å². The molecule has 1 radical (unpaired) electrons. The van der Waals surface area contributed by atoms with Gasteiger partial charge in [-0.05, 0) is 12.8 Å². The Hall–Kier alpha value is -0.180. The Balaban J connectivity index is 2.54. The fourth-order valence-electron chi connectivity index (χ4n) is 0.742. The van der Waals surface area contributed by atoms with Crippen LogP contribution in [0.3, 0.4) is 0 Å². The Kier molecular flexibility index (Phi) is 1.23. The average molecular weight is 121 g/mol. The van der Waals surface area contributed by atoms with Gasteiger partial charge in [0, 0.05) is 6.42 Å². The summed E-state index contributed by atoms with van der Waals surface area (Å²) in [5.41, 5.74) is 0. The summed E-state index contributed by atoms with van der Waals surface area (Å²) >= 11 is 0. The van der Waals surface area contributed by atoms with Gasteiger partial charge in [0.15, 0.2) is 0 Å². The van der Waals surface area contributed by atoms with Crippen molar-refractivity contribution in [3.63, 3.8) is 0 Å². The molecule has 1 aliphatic carbocycles. The molecule has 0 bridgehead atoms. The van der Waals surface area contributed by atoms with E-state index < -0.39 is 12.0 Å². The second kappa shape index (κ2) is 1.65. The Morgan fingerprint density at radius 2 is 2.25 bits per heavy atom. The standard InChI is InChI=1S/C5H7F2O/c6-5(7)3-1-2-4(5)8/h1,4,8H,2-3H2. The molecule has 1 atom stereocenters. The lowest BCUT2D eigenvalue weighted by Gasteiger charge is -2.11. The van der Waals surface area contributed by atoms with E-state index in [1.54, 1.807) is 0 Å². The van der Waals surface area contributed by atoms with Gasteiger partial charge in [0.05, 0.1) is 0 Å². The van der Waals surface area contributed by atoms with Gasteiger partial charge in [-0.25, -0.2) is 8.78 Å². The van der Waals surface area contributed by atoms with E-state index in [4.69, 9.17) is 5.11 Å². The van der Waals surface area contributed by atoms with Crippen LogP contribution in [0.5, 0.6) is 0 Å². The number of rotatable bonds is 0. The molecule has 0 amide bonds. The summed E-state index contributed by atoms with van der Waals surface area (Å²) in [6, 6.07) is 0. The molecule has 1 saturated carbocycles. The number of aliphatic hydroxyl groups is 1. The van der Waals surface area contributed by atoms with E-state index in [-0.39, 0.29) is 12.8 Å². The van der Waals surface area contributed by atoms with Crippen LogP contribution in [-0.4, -0.2) is 17.1 Å². The molecular formula is C5H7F2O. The molecule has 1 unspecified atom stereocenters. The van der Waals surface area contributed by atoms with E-state index in [1.165, 1.54) is 6.42 Å². The van der Waals surface area contributed by atoms with Crippen molar-refractivity contribution in [2.75, 3.05) is 0 Å². The van der Waals surface area contributed by atoms with Crippen molar-refractivity contribution in [3.8, 4) is 0 Å². The Bertz CT molecular complexity index is 92.4. The van der Waals surface area contributed by atoms with Gasteiger partial charge in [0.1, 0.15) is 6.10 Å². The monoisotopic (exact) mass is 121 g/mol. The first-order valence-electron chi connectivity index (χ1n) is 2.50. The first kappa shape index (κ1) is 5.95. The zero-order valence-corrected chi connectivity index (χ0v) is 4.27. The third-order valence-electron chi connectivity index (χ3n) is 1.29. The number of aliphatic hydroxyl groups excluding tert-OH is 1. The van der Waals surface area contributed by atoms with Crippen LogP contribution in [0.1, 0.15) is 12.8 Å². The van der Waals surface area contributed by atoms with Gasteiger partial charge in [0.2, 0.25) is 0 Å². The van der Waals surface area contributed by atoms with Crippen molar-refractivity contribution in [1.82, 2.24) is 0 Å². The van der Waals surface area contributed by atoms with Gasteiger partial charge in [-0.15, -0.1) is 0 Å². The fourth-order valence-corrected chi connectivity index (χ4v) is 0.742. The van der Waals surface area contributed by atoms with Gasteiger partial charge in [0.25, 0.3) is 5.92 Å². The summed E-state index contributed by atoms with van der Waals surface area (Å²) in [5, 5.41) is 8.48. The zero-order chi connectivity index (χ0) is 6.20. The summed E-state index contributed by atoms with van der Waals surface area (Å²) < 4.78 is 24.1. The molecule has 47 valence electrons. The molecule has 1 N–H and O–H groups in total. The van der Waals surface area contributed by atoms with E-state index in [0.717, 1.165) is 0 Å². The predicted molar refractivity (Wildman–Crippen MR) is 24.5 cm³/mol. The maximum absolute atomic E-state index is 12.1. The van der Waals surface area contributed by atoms with Gasteiger partial charge in [-0.3, -0.25) is 0 Å². The first-order valence-corrected chi connectivity index (χ1v) is 2.50. The summed E-state index contributed by atoms with van der Waals surface area (Å²) in [5.74, 6) is -2.85. The van der Waals surface area contributed by atoms with E-state index >= 15 is 0 Å². The van der Waals surface area contributed by atoms with Gasteiger partial charge in [-0.2, -0.15) is 0 Å². The Labute approximate surface area is 46.3 Å². The molecule has 1 aliphatic rings. The van der Waals surface area contributed by atoms with Crippen molar-refractivity contribution < 1.29 is 13.9 Å². The molecule has 0 heterocycles. The number of halogens is 2. The lowest BCUT2D eigenvalue weighted by Crippen LogP contribution is -2.26. The molecule has 0 aromatic carbocycles. The molecule has 1 nitrogen and oxygen atoms in total. The van der Waals surface area contributed by atoms with Gasteiger partial charge >= 0.3 is 0 Å². The van der Waals surface area contributed by atoms with E-state index in [0.29, 0.717) is 0 Å². The van der Waals surface area contributed by atoms with Crippen molar-refractivity contribution in [2.45, 2.75) is 24.9 Å². The lowest BCUT2D eigenvalue weighted by atomic mass is 10.2. The van der Waals surface area contributed by atoms with Crippen LogP contribution >= 0.6 is 0 Å². The fraction of sp³-hybridized carbons (Fsp3) is 0.800. The third-order valence-corrected chi connectivity index (χ3v) is 1.29. The topological polar surface area (TPSA) is 20.2 Å². The van der Waals surface area contributed by atoms with E-state index in [1.807, 2.05) is 0 Å². The predicted octanol–water partition coefficient (Wildman–Crippen LogP) is 0.981. The molecule has 0 aromatic heterocycles. The average Bonchev–Trinajstić information content (AvgIpc) is 1.86. The van der Waals surface area contributed by atoms with Crippen LogP contribution in [0.4, 0.5) is 8.78 Å². The third kappa shape index (κ3) is 0.823. The van der Waals surface area contributed by atoms with Crippen LogP contribution in [0.15, 0.2) is 0 Å². The van der Waals surface area contributed by atoms with Crippen LogP contribution < -0.4 is 0 Å². The summed E-state index contributed by atoms with van der Waals surface area (Å²) in [4.78, 5) is 0. The summed E-state index contributed by atoms with van der Waals surface area (Å²) in [6.07, 6.45) is -0.159. The maximum atomic E-state index is 12.1. The quantitative estimate of drug-likeness (QED) is 0.506. The van der Waals surface area contributed by atoms with Crippen LogP contribution in [0.2, 0.25) is 0 Å². The highest BCUT2D eigenvalue weighted by Crippen LogP contribution is 2.33. The Morgan fingerprint density at radius 3 is 2.38 bits per heavy atom. The molecule has 1 rings (SSSR count). The summed E-state index contributed by atoms with van der Waals surface area (Å²) in [6.45, 7) is 0. The lowest BCUT2D eigenvalue weighted by molar-refractivity contribution is -0.0847. The van der Waals surface area contributed by atoms with Crippen LogP contribution in [0.25, 0.3) is 0 Å². The van der Waals surface area contributed by atoms with Crippen molar-refractivity contribution in [2.24, 2.45) is 0 Å². The van der Waals surface area contributed by atoms with Crippen molar-refractivity contribution in [1.29, 1.82) is 0 Å². The highest BCUT2D eigenvalue weighted by atomic mass is 19.3. The van der Waals surface area contributed by atoms with Crippen molar-refractivity contribution in [3.05, 3.63) is 6.42 Å². The van der Waals surface area contributed by atoms with Crippen LogP contribution in [0, 0.1) is 6.42 Å². The maximum Gasteiger partial charge on any atom is 0.273 e. The minimum atomic E-state index is -2.85. The van der Waals surface area contributed by atoms with Gasteiger partial charge in [-0.1, -0.05) is 0 Å². The minimum Gasteiger partial charge on any atom is -0.387 e. The minimum absolute atomic E-state index is 0.132. The largest absolute Gasteiger partial charge is 0.387 e. The second-order valence-corrected chi connectivity index (χ2v) is 2.01. The molecule has 1 fully saturated rings. The van der Waals surface area contributed by atoms with E-state index in [2.05, 4.69) is 0 Å². The molecule has 3 heteroatoms. The molecule has 8 heavy (non-hydrogen) atoms. The highest BCUT2D eigenvalue weighted by molar-refractivity contribution is 4.93. The molecule has 0 spiro atoms. The van der Waals surface area contributed by atoms with E-state index in [9.17, 15) is 8.78 Å². The zero-order valence-electron chi connectivity index (χ0n) is 4.27. The number of alkyl halides is 2. The molecule has 0 aromatic rings. The number of hydrogen-bond acceptors (Lipinski definition) is 1. The normalized spacial score (nSPS) is 35.6. The second-order valence-electron chi connectivity index (χ2n) is 2.01. The Morgan fingerprint density at radius 1 is 1.62 bits per heavy atom. The number of hydrogen-bond donors (Lipinski definition) is 1. The van der Waals surface area contributed by atoms with Gasteiger partial charge < -0.3 is 5.11 Å². The smallest absolute Gasteiger partial charge is 0.273 e.